The summed E-state index contributed by atoms with van der Waals surface area (Å²) in [5.74, 6) is 0. The molecule has 0 saturated heterocycles. The SMILES string of the molecule is CC[CH][Si](OC)(OC)OC. The Labute approximate surface area is 63.7 Å². The van der Waals surface area contributed by atoms with E-state index in [1.807, 2.05) is 13.0 Å². The Kier molecular flexibility index (Phi) is 4.89. The Morgan fingerprint density at radius 3 is 1.60 bits per heavy atom. The van der Waals surface area contributed by atoms with Crippen molar-refractivity contribution in [3.8, 4) is 0 Å². The average molecular weight is 163 g/mol. The van der Waals surface area contributed by atoms with Gasteiger partial charge in [-0.3, -0.25) is 0 Å². The number of hydrogen-bond acceptors (Lipinski definition) is 3. The Hall–Kier alpha value is 0.0969. The molecule has 0 aromatic rings. The van der Waals surface area contributed by atoms with Crippen molar-refractivity contribution in [1.29, 1.82) is 0 Å². The van der Waals surface area contributed by atoms with Gasteiger partial charge in [-0.05, 0) is 6.42 Å². The lowest BCUT2D eigenvalue weighted by atomic mass is 10.6. The normalized spacial score (nSPS) is 12.0. The van der Waals surface area contributed by atoms with Gasteiger partial charge in [0.2, 0.25) is 0 Å². The Morgan fingerprint density at radius 2 is 1.50 bits per heavy atom. The van der Waals surface area contributed by atoms with E-state index in [-0.39, 0.29) is 0 Å². The van der Waals surface area contributed by atoms with Gasteiger partial charge in [0.25, 0.3) is 0 Å². The zero-order chi connectivity index (χ0) is 8.04. The molecule has 4 heteroatoms. The zero-order valence-corrected chi connectivity index (χ0v) is 8.01. The lowest BCUT2D eigenvalue weighted by Crippen LogP contribution is -2.43. The quantitative estimate of drug-likeness (QED) is 0.566. The first-order chi connectivity index (χ1) is 4.74. The maximum Gasteiger partial charge on any atom is 0.503 e. The molecule has 0 spiro atoms. The van der Waals surface area contributed by atoms with Crippen molar-refractivity contribution >= 4 is 8.80 Å². The highest BCUT2D eigenvalue weighted by molar-refractivity contribution is 6.64. The van der Waals surface area contributed by atoms with Crippen LogP contribution in [-0.4, -0.2) is 30.1 Å². The van der Waals surface area contributed by atoms with Crippen molar-refractivity contribution in [2.75, 3.05) is 21.3 Å². The molecule has 1 radical (unpaired) electrons. The Bertz CT molecular complexity index is 74.8. The van der Waals surface area contributed by atoms with E-state index in [2.05, 4.69) is 0 Å². The lowest BCUT2D eigenvalue weighted by Gasteiger charge is -2.22. The summed E-state index contributed by atoms with van der Waals surface area (Å²) < 4.78 is 15.3. The van der Waals surface area contributed by atoms with Crippen LogP contribution in [0.15, 0.2) is 0 Å². The second kappa shape index (κ2) is 4.84. The van der Waals surface area contributed by atoms with Crippen LogP contribution in [0.2, 0.25) is 0 Å². The average Bonchev–Trinajstić information content (AvgIpc) is 2.01. The van der Waals surface area contributed by atoms with Gasteiger partial charge < -0.3 is 13.3 Å². The standard InChI is InChI=1S/C6H15O3Si/c1-5-6-10(7-2,8-3)9-4/h6H,5H2,1-4H3. The molecular formula is C6H15O3Si. The summed E-state index contributed by atoms with van der Waals surface area (Å²) >= 11 is 0. The molecule has 0 aromatic heterocycles. The fourth-order valence-electron chi connectivity index (χ4n) is 0.750. The Balaban J connectivity index is 3.87. The van der Waals surface area contributed by atoms with Crippen LogP contribution in [0.3, 0.4) is 0 Å². The molecule has 0 aliphatic rings. The van der Waals surface area contributed by atoms with E-state index in [9.17, 15) is 0 Å². The highest BCUT2D eigenvalue weighted by atomic mass is 28.4. The molecule has 0 atom stereocenters. The molecule has 0 aromatic carbocycles. The van der Waals surface area contributed by atoms with Gasteiger partial charge in [-0.25, -0.2) is 0 Å². The third-order valence-electron chi connectivity index (χ3n) is 1.31. The van der Waals surface area contributed by atoms with Gasteiger partial charge in [0.1, 0.15) is 0 Å². The molecule has 0 aliphatic heterocycles. The lowest BCUT2D eigenvalue weighted by molar-refractivity contribution is 0.132. The fourth-order valence-corrected chi connectivity index (χ4v) is 2.25. The van der Waals surface area contributed by atoms with Crippen molar-refractivity contribution in [1.82, 2.24) is 0 Å². The summed E-state index contributed by atoms with van der Waals surface area (Å²) in [6.45, 7) is 2.03. The summed E-state index contributed by atoms with van der Waals surface area (Å²) in [5, 5.41) is 0. The van der Waals surface area contributed by atoms with Crippen LogP contribution in [0.1, 0.15) is 13.3 Å². The highest BCUT2D eigenvalue weighted by Gasteiger charge is 2.36. The minimum Gasteiger partial charge on any atom is -0.377 e. The van der Waals surface area contributed by atoms with E-state index < -0.39 is 8.80 Å². The molecule has 3 nitrogen and oxygen atoms in total. The van der Waals surface area contributed by atoms with Crippen molar-refractivity contribution in [2.24, 2.45) is 0 Å². The maximum absolute atomic E-state index is 5.12. The van der Waals surface area contributed by atoms with Crippen LogP contribution < -0.4 is 0 Å². The van der Waals surface area contributed by atoms with Gasteiger partial charge in [-0.1, -0.05) is 6.92 Å². The third kappa shape index (κ3) is 2.38. The summed E-state index contributed by atoms with van der Waals surface area (Å²) in [4.78, 5) is 0. The molecule has 0 fully saturated rings. The third-order valence-corrected chi connectivity index (χ3v) is 3.92. The van der Waals surface area contributed by atoms with Gasteiger partial charge >= 0.3 is 8.80 Å². The smallest absolute Gasteiger partial charge is 0.377 e. The maximum atomic E-state index is 5.12. The summed E-state index contributed by atoms with van der Waals surface area (Å²) in [7, 11) is 2.47. The first-order valence-corrected chi connectivity index (χ1v) is 5.04. The van der Waals surface area contributed by atoms with Crippen LogP contribution in [0.4, 0.5) is 0 Å². The molecule has 0 N–H and O–H groups in total. The minimum atomic E-state index is -2.34. The van der Waals surface area contributed by atoms with Gasteiger partial charge in [-0.2, -0.15) is 0 Å². The van der Waals surface area contributed by atoms with Crippen molar-refractivity contribution in [3.05, 3.63) is 6.04 Å². The van der Waals surface area contributed by atoms with Crippen LogP contribution in [-0.2, 0) is 13.3 Å². The predicted octanol–water partition coefficient (Wildman–Crippen LogP) is 1.02. The van der Waals surface area contributed by atoms with Crippen LogP contribution in [0.5, 0.6) is 0 Å². The Morgan fingerprint density at radius 1 is 1.10 bits per heavy atom. The first-order valence-electron chi connectivity index (χ1n) is 3.24. The molecule has 10 heavy (non-hydrogen) atoms. The zero-order valence-electron chi connectivity index (χ0n) is 7.01. The minimum absolute atomic E-state index is 0.905. The van der Waals surface area contributed by atoms with Gasteiger partial charge in [0, 0.05) is 27.4 Å². The van der Waals surface area contributed by atoms with Crippen LogP contribution in [0, 0.1) is 6.04 Å². The molecule has 0 amide bonds. The van der Waals surface area contributed by atoms with Gasteiger partial charge in [0.05, 0.1) is 0 Å². The van der Waals surface area contributed by atoms with E-state index >= 15 is 0 Å². The molecule has 0 aliphatic carbocycles. The van der Waals surface area contributed by atoms with E-state index in [0.29, 0.717) is 0 Å². The summed E-state index contributed by atoms with van der Waals surface area (Å²) in [5.41, 5.74) is 0. The molecule has 0 rings (SSSR count). The topological polar surface area (TPSA) is 27.7 Å². The van der Waals surface area contributed by atoms with E-state index in [0.717, 1.165) is 6.42 Å². The van der Waals surface area contributed by atoms with E-state index in [1.165, 1.54) is 0 Å². The van der Waals surface area contributed by atoms with Gasteiger partial charge in [-0.15, -0.1) is 0 Å². The molecule has 0 saturated carbocycles. The van der Waals surface area contributed by atoms with Crippen molar-refractivity contribution < 1.29 is 13.3 Å². The molecular weight excluding hydrogens is 148 g/mol. The number of hydrogen-bond donors (Lipinski definition) is 0. The molecule has 0 heterocycles. The number of rotatable bonds is 5. The van der Waals surface area contributed by atoms with Crippen LogP contribution >= 0.6 is 0 Å². The second-order valence-electron chi connectivity index (χ2n) is 1.83. The molecule has 0 unspecified atom stereocenters. The predicted molar refractivity (Wildman–Crippen MR) is 41.4 cm³/mol. The fraction of sp³-hybridized carbons (Fsp3) is 0.833. The highest BCUT2D eigenvalue weighted by Crippen LogP contribution is 2.11. The molecule has 0 bridgehead atoms. The monoisotopic (exact) mass is 163 g/mol. The summed E-state index contributed by atoms with van der Waals surface area (Å²) in [6, 6.07) is 1.95. The second-order valence-corrected chi connectivity index (χ2v) is 4.67. The molecule has 61 valence electrons. The van der Waals surface area contributed by atoms with Crippen molar-refractivity contribution in [2.45, 2.75) is 13.3 Å². The van der Waals surface area contributed by atoms with Gasteiger partial charge in [0.15, 0.2) is 0 Å². The largest absolute Gasteiger partial charge is 0.503 e. The first kappa shape index (κ1) is 10.1. The van der Waals surface area contributed by atoms with E-state index in [4.69, 9.17) is 13.3 Å². The van der Waals surface area contributed by atoms with E-state index in [1.54, 1.807) is 21.3 Å². The van der Waals surface area contributed by atoms with Crippen LogP contribution in [0.25, 0.3) is 0 Å². The summed E-state index contributed by atoms with van der Waals surface area (Å²) in [6.07, 6.45) is 0.905. The van der Waals surface area contributed by atoms with Crippen molar-refractivity contribution in [3.63, 3.8) is 0 Å².